The van der Waals surface area contributed by atoms with Crippen LogP contribution in [0.25, 0.3) is 33.6 Å². The molecule has 0 radical (unpaired) electrons. The quantitative estimate of drug-likeness (QED) is 0.169. The Morgan fingerprint density at radius 1 is 0.500 bits per heavy atom. The summed E-state index contributed by atoms with van der Waals surface area (Å²) in [6.07, 6.45) is 3.91. The zero-order valence-corrected chi connectivity index (χ0v) is 29.2. The Morgan fingerprint density at radius 3 is 1.39 bits per heavy atom. The van der Waals surface area contributed by atoms with Crippen molar-refractivity contribution in [1.29, 1.82) is 0 Å². The van der Waals surface area contributed by atoms with Crippen LogP contribution in [0.3, 0.4) is 0 Å². The Hall–Kier alpha value is -2.96. The van der Waals surface area contributed by atoms with Gasteiger partial charge in [0.05, 0.1) is 11.4 Å². The van der Waals surface area contributed by atoms with Gasteiger partial charge in [0, 0.05) is 62.8 Å². The summed E-state index contributed by atoms with van der Waals surface area (Å²) < 4.78 is 0. The van der Waals surface area contributed by atoms with E-state index in [1.54, 1.807) is 0 Å². The molecule has 0 aliphatic carbocycles. The second kappa shape index (κ2) is 19.0. The molecule has 0 N–H and O–H groups in total. The van der Waals surface area contributed by atoms with Crippen LogP contribution in [-0.4, -0.2) is 45.9 Å². The van der Waals surface area contributed by atoms with Gasteiger partial charge in [0.15, 0.2) is 0 Å². The number of rotatable bonds is 7. The number of pyridine rings is 2. The van der Waals surface area contributed by atoms with Gasteiger partial charge in [-0.2, -0.15) is 0 Å². The highest BCUT2D eigenvalue weighted by Gasteiger charge is 2.18. The van der Waals surface area contributed by atoms with Crippen LogP contribution in [0.15, 0.2) is 103 Å². The summed E-state index contributed by atoms with van der Waals surface area (Å²) in [5, 5.41) is 0. The number of aryl methyl sites for hydroxylation is 2. The van der Waals surface area contributed by atoms with E-state index in [0.29, 0.717) is 0 Å². The van der Waals surface area contributed by atoms with Gasteiger partial charge < -0.3 is 0 Å². The van der Waals surface area contributed by atoms with Crippen LogP contribution in [0, 0.1) is 20.8 Å². The lowest BCUT2D eigenvalue weighted by Gasteiger charge is -2.34. The average molecular weight is 701 g/mol. The molecule has 0 saturated carbocycles. The number of aromatic nitrogens is 2. The zero-order chi connectivity index (χ0) is 28.2. The van der Waals surface area contributed by atoms with Crippen LogP contribution in [-0.2, 0) is 13.1 Å². The Bertz CT molecular complexity index is 1610. The molecule has 0 bridgehead atoms. The number of hydrogen-bond acceptors (Lipinski definition) is 4. The first-order valence-corrected chi connectivity index (χ1v) is 14.6. The Morgan fingerprint density at radius 2 is 0.913 bits per heavy atom. The smallest absolute Gasteiger partial charge is 0.0705 e. The molecule has 0 amide bonds. The Balaban J connectivity index is 0.00000212. The molecule has 1 saturated heterocycles. The fourth-order valence-corrected chi connectivity index (χ4v) is 5.73. The predicted octanol–water partition coefficient (Wildman–Crippen LogP) is 10.0. The van der Waals surface area contributed by atoms with E-state index in [0.717, 1.165) is 56.2 Å². The lowest BCUT2D eigenvalue weighted by atomic mass is 9.98. The minimum Gasteiger partial charge on any atom is -0.297 e. The average Bonchev–Trinajstić information content (AvgIpc) is 3.01. The lowest BCUT2D eigenvalue weighted by molar-refractivity contribution is 0.122. The third-order valence-corrected chi connectivity index (χ3v) is 8.44. The topological polar surface area (TPSA) is 32.3 Å². The van der Waals surface area contributed by atoms with Crippen LogP contribution in [0.1, 0.15) is 35.2 Å². The molecule has 1 fully saturated rings. The van der Waals surface area contributed by atoms with E-state index < -0.39 is 0 Å². The molecule has 6 rings (SSSR count). The first-order chi connectivity index (χ1) is 20.0. The standard InChI is InChI=1S/C37H38N4.CH4.4ClH/c1-27-21-35(22-28(2)29(27)3)37-24-31(14-16-39-37)26-41-19-17-40(18-20-41)25-30-13-15-38-36(23-30)34-11-9-33(10-12-34)32-7-5-4-6-8-32;;;;;/h4-16,21-24H,17-20,25-26H2,1-3H3;1H4;4*1H. The molecule has 1 aliphatic rings. The molecule has 0 spiro atoms. The van der Waals surface area contributed by atoms with Crippen molar-refractivity contribution in [2.24, 2.45) is 0 Å². The summed E-state index contributed by atoms with van der Waals surface area (Å²) in [7, 11) is 0. The first kappa shape index (κ1) is 41.1. The molecule has 5 aromatic rings. The monoisotopic (exact) mass is 698 g/mol. The maximum Gasteiger partial charge on any atom is 0.0705 e. The molecular formula is C38H46Cl4N4. The van der Waals surface area contributed by atoms with Gasteiger partial charge in [-0.3, -0.25) is 19.8 Å². The van der Waals surface area contributed by atoms with Gasteiger partial charge in [0.2, 0.25) is 0 Å². The molecule has 2 aromatic heterocycles. The first-order valence-electron chi connectivity index (χ1n) is 14.6. The highest BCUT2D eigenvalue weighted by atomic mass is 35.5. The maximum absolute atomic E-state index is 4.69. The van der Waals surface area contributed by atoms with E-state index in [4.69, 9.17) is 0 Å². The van der Waals surface area contributed by atoms with Gasteiger partial charge in [-0.05, 0) is 96.1 Å². The van der Waals surface area contributed by atoms with Crippen molar-refractivity contribution in [2.75, 3.05) is 26.2 Å². The second-order valence-corrected chi connectivity index (χ2v) is 11.3. The number of hydrogen-bond donors (Lipinski definition) is 0. The van der Waals surface area contributed by atoms with Crippen LogP contribution in [0.5, 0.6) is 0 Å². The summed E-state index contributed by atoms with van der Waals surface area (Å²) in [6.45, 7) is 12.8. The molecule has 4 nitrogen and oxygen atoms in total. The van der Waals surface area contributed by atoms with Crippen molar-refractivity contribution >= 4 is 49.6 Å². The van der Waals surface area contributed by atoms with E-state index >= 15 is 0 Å². The minimum atomic E-state index is 0. The lowest BCUT2D eigenvalue weighted by Crippen LogP contribution is -2.45. The molecule has 0 atom stereocenters. The van der Waals surface area contributed by atoms with Crippen LogP contribution in [0.2, 0.25) is 0 Å². The van der Waals surface area contributed by atoms with Gasteiger partial charge in [-0.1, -0.05) is 62.0 Å². The molecule has 246 valence electrons. The molecule has 8 heteroatoms. The fourth-order valence-electron chi connectivity index (χ4n) is 5.73. The van der Waals surface area contributed by atoms with Crippen molar-refractivity contribution in [2.45, 2.75) is 41.3 Å². The highest BCUT2D eigenvalue weighted by molar-refractivity contribution is 5.86. The molecule has 1 aliphatic heterocycles. The number of halogens is 4. The maximum atomic E-state index is 4.69. The van der Waals surface area contributed by atoms with Crippen LogP contribution >= 0.6 is 49.6 Å². The summed E-state index contributed by atoms with van der Waals surface area (Å²) in [4.78, 5) is 14.5. The third kappa shape index (κ3) is 10.0. The number of benzene rings is 3. The summed E-state index contributed by atoms with van der Waals surface area (Å²) in [5.74, 6) is 0. The van der Waals surface area contributed by atoms with Crippen molar-refractivity contribution < 1.29 is 0 Å². The van der Waals surface area contributed by atoms with Crippen molar-refractivity contribution in [3.05, 3.63) is 131 Å². The van der Waals surface area contributed by atoms with E-state index in [2.05, 4.69) is 132 Å². The normalized spacial score (nSPS) is 12.8. The fraction of sp³-hybridized carbons (Fsp3) is 0.263. The van der Waals surface area contributed by atoms with Crippen LogP contribution < -0.4 is 0 Å². The van der Waals surface area contributed by atoms with E-state index in [1.165, 1.54) is 44.5 Å². The largest absolute Gasteiger partial charge is 0.297 e. The SMILES string of the molecule is C.Cc1cc(-c2cc(CN3CCN(Cc4ccnc(-c5ccc(-c6ccccc6)cc5)c4)CC3)ccn2)cc(C)c1C.Cl.Cl.Cl.Cl. The zero-order valence-electron chi connectivity index (χ0n) is 26.0. The predicted molar refractivity (Wildman–Crippen MR) is 205 cm³/mol. The molecule has 3 heterocycles. The minimum absolute atomic E-state index is 0. The van der Waals surface area contributed by atoms with Crippen LogP contribution in [0.4, 0.5) is 0 Å². The van der Waals surface area contributed by atoms with Gasteiger partial charge >= 0.3 is 0 Å². The summed E-state index contributed by atoms with van der Waals surface area (Å²) >= 11 is 0. The van der Waals surface area contributed by atoms with E-state index in [1.807, 2.05) is 12.4 Å². The summed E-state index contributed by atoms with van der Waals surface area (Å²) in [6, 6.07) is 32.6. The van der Waals surface area contributed by atoms with Gasteiger partial charge in [0.25, 0.3) is 0 Å². The number of nitrogens with zero attached hydrogens (tertiary/aromatic N) is 4. The van der Waals surface area contributed by atoms with Crippen molar-refractivity contribution in [1.82, 2.24) is 19.8 Å². The Kier molecular flexibility index (Phi) is 17.0. The molecule has 46 heavy (non-hydrogen) atoms. The van der Waals surface area contributed by atoms with E-state index in [9.17, 15) is 0 Å². The third-order valence-electron chi connectivity index (χ3n) is 8.44. The van der Waals surface area contributed by atoms with Gasteiger partial charge in [-0.15, -0.1) is 49.6 Å². The van der Waals surface area contributed by atoms with Crippen molar-refractivity contribution in [3.8, 4) is 33.6 Å². The summed E-state index contributed by atoms with van der Waals surface area (Å²) in [5.41, 5.74) is 13.6. The number of piperazine rings is 1. The van der Waals surface area contributed by atoms with Gasteiger partial charge in [-0.25, -0.2) is 0 Å². The molecule has 0 unspecified atom stereocenters. The Labute approximate surface area is 300 Å². The molecule has 3 aromatic carbocycles. The second-order valence-electron chi connectivity index (χ2n) is 11.3. The molecular weight excluding hydrogens is 654 g/mol. The highest BCUT2D eigenvalue weighted by Crippen LogP contribution is 2.26. The van der Waals surface area contributed by atoms with E-state index in [-0.39, 0.29) is 57.1 Å². The van der Waals surface area contributed by atoms with Crippen molar-refractivity contribution in [3.63, 3.8) is 0 Å². The van der Waals surface area contributed by atoms with Gasteiger partial charge in [0.1, 0.15) is 0 Å².